The van der Waals surface area contributed by atoms with E-state index in [0.717, 1.165) is 105 Å². The number of nitrogens with zero attached hydrogens (tertiary/aromatic N) is 3. The van der Waals surface area contributed by atoms with Crippen LogP contribution in [-0.2, 0) is 0 Å². The third kappa shape index (κ3) is 7.23. The van der Waals surface area contributed by atoms with Gasteiger partial charge in [-0.3, -0.25) is 5.41 Å². The molecule has 1 aliphatic rings. The number of allylic oxidation sites excluding steroid dienone is 4. The second-order valence-electron chi connectivity index (χ2n) is 16.6. The van der Waals surface area contributed by atoms with Gasteiger partial charge in [0.15, 0.2) is 0 Å². The molecule has 0 amide bonds. The molecule has 318 valence electrons. The van der Waals surface area contributed by atoms with E-state index in [1.54, 1.807) is 0 Å². The van der Waals surface area contributed by atoms with Gasteiger partial charge >= 0.3 is 0 Å². The Kier molecular flexibility index (Phi) is 10.1. The first-order valence-corrected chi connectivity index (χ1v) is 22.7. The molecule has 68 heavy (non-hydrogen) atoms. The van der Waals surface area contributed by atoms with Crippen LogP contribution in [-0.4, -0.2) is 16.0 Å². The van der Waals surface area contributed by atoms with Crippen molar-refractivity contribution in [2.75, 3.05) is 4.90 Å². The van der Waals surface area contributed by atoms with Crippen molar-refractivity contribution in [2.24, 2.45) is 4.40 Å². The molecule has 0 bridgehead atoms. The van der Waals surface area contributed by atoms with Crippen molar-refractivity contribution >= 4 is 95.7 Å². The average molecular weight is 887 g/mol. The summed E-state index contributed by atoms with van der Waals surface area (Å²) in [5, 5.41) is 16.5. The topological polar surface area (TPSA) is 57.5 Å². The Balaban J connectivity index is 0.961. The maximum Gasteiger partial charge on any atom is 0.135 e. The van der Waals surface area contributed by atoms with Gasteiger partial charge in [-0.05, 0) is 157 Å². The second-order valence-corrected chi connectivity index (χ2v) is 16.8. The lowest BCUT2D eigenvalue weighted by molar-refractivity contribution is 0.669. The van der Waals surface area contributed by atoms with Gasteiger partial charge in [0.25, 0.3) is 0 Å². The molecule has 1 N–H and O–H groups in total. The van der Waals surface area contributed by atoms with E-state index in [9.17, 15) is 5.41 Å². The number of benzene rings is 9. The summed E-state index contributed by atoms with van der Waals surface area (Å²) >= 11 is 4.54. The second kappa shape index (κ2) is 17.1. The Bertz CT molecular complexity index is 3940. The van der Waals surface area contributed by atoms with Crippen molar-refractivity contribution in [1.29, 1.82) is 5.41 Å². The fourth-order valence-corrected chi connectivity index (χ4v) is 9.54. The molecule has 2 heterocycles. The number of rotatable bonds is 5. The van der Waals surface area contributed by atoms with Crippen molar-refractivity contribution in [3.8, 4) is 29.4 Å². The molecular formula is C62H38N4OS. The summed E-state index contributed by atoms with van der Waals surface area (Å²) in [5.74, 6) is 13.1. The molecule has 6 heteroatoms. The van der Waals surface area contributed by atoms with Gasteiger partial charge in [-0.25, -0.2) is 4.40 Å². The van der Waals surface area contributed by atoms with Crippen molar-refractivity contribution in [3.05, 3.63) is 252 Å². The lowest BCUT2D eigenvalue weighted by atomic mass is 9.89. The number of hydrogen-bond acceptors (Lipinski definition) is 5. The van der Waals surface area contributed by atoms with Gasteiger partial charge in [-0.15, -0.1) is 0 Å². The third-order valence-electron chi connectivity index (χ3n) is 12.6. The minimum Gasteiger partial charge on any atom is -0.456 e. The quantitative estimate of drug-likeness (QED) is 0.103. The van der Waals surface area contributed by atoms with Crippen LogP contribution in [0.2, 0.25) is 0 Å². The van der Waals surface area contributed by atoms with E-state index >= 15 is 0 Å². The normalized spacial score (nSPS) is 13.1. The Morgan fingerprint density at radius 2 is 1.06 bits per heavy atom. The number of para-hydroxylation sites is 2. The Hall–Kier alpha value is -9.07. The van der Waals surface area contributed by atoms with E-state index in [1.807, 2.05) is 127 Å². The van der Waals surface area contributed by atoms with Gasteiger partial charge in [-0.2, -0.15) is 0 Å². The number of fused-ring (bicyclic) bond motifs is 8. The maximum atomic E-state index is 9.83. The van der Waals surface area contributed by atoms with E-state index in [4.69, 9.17) is 4.42 Å². The predicted molar refractivity (Wildman–Crippen MR) is 286 cm³/mol. The van der Waals surface area contributed by atoms with Gasteiger partial charge < -0.3 is 13.9 Å². The summed E-state index contributed by atoms with van der Waals surface area (Å²) in [4.78, 5) is 2.08. The molecule has 0 saturated carbocycles. The van der Waals surface area contributed by atoms with Gasteiger partial charge in [-0.1, -0.05) is 115 Å². The molecule has 2 aromatic heterocycles. The van der Waals surface area contributed by atoms with Crippen LogP contribution in [0.25, 0.3) is 65.8 Å². The number of aromatic nitrogens is 1. The molecule has 0 fully saturated rings. The molecule has 11 aromatic rings. The van der Waals surface area contributed by atoms with E-state index in [-0.39, 0.29) is 5.71 Å². The zero-order valence-electron chi connectivity index (χ0n) is 36.5. The molecule has 5 nitrogen and oxygen atoms in total. The monoisotopic (exact) mass is 886 g/mol. The lowest BCUT2D eigenvalue weighted by Crippen LogP contribution is -2.30. The number of anilines is 2. The number of hydrogen-bond donors (Lipinski definition) is 2. The van der Waals surface area contributed by atoms with Crippen LogP contribution in [0.15, 0.2) is 233 Å². The zero-order valence-corrected chi connectivity index (χ0v) is 37.4. The van der Waals surface area contributed by atoms with Crippen LogP contribution in [0.3, 0.4) is 0 Å². The van der Waals surface area contributed by atoms with Crippen molar-refractivity contribution < 1.29 is 4.42 Å². The molecule has 0 aliphatic heterocycles. The summed E-state index contributed by atoms with van der Waals surface area (Å²) < 4.78 is 13.1. The molecule has 0 saturated heterocycles. The first-order chi connectivity index (χ1) is 33.6. The van der Waals surface area contributed by atoms with Crippen molar-refractivity contribution in [1.82, 2.24) is 4.57 Å². The molecule has 0 atom stereocenters. The van der Waals surface area contributed by atoms with E-state index < -0.39 is 0 Å². The van der Waals surface area contributed by atoms with E-state index in [1.165, 1.54) is 0 Å². The highest BCUT2D eigenvalue weighted by Gasteiger charge is 2.28. The van der Waals surface area contributed by atoms with Gasteiger partial charge in [0, 0.05) is 66.4 Å². The molecule has 9 aromatic carbocycles. The fourth-order valence-electron chi connectivity index (χ4n) is 9.34. The van der Waals surface area contributed by atoms with Crippen molar-refractivity contribution in [2.45, 2.75) is 0 Å². The Labute approximate surface area is 398 Å². The first kappa shape index (κ1) is 40.4. The SMILES string of the molecule is N=C1C(N(c2ccc(C#Cc3ccccc3)cc2)c2ccc(C#Cc3ccccc3)cc2)=CC=C(c2ccc3ccc4c(c3c2)c2ccccc2n4-c2ccc3oc4ccccc4c3c2)/C1=N/S. The average Bonchev–Trinajstić information content (AvgIpc) is 3.95. The van der Waals surface area contributed by atoms with Gasteiger partial charge in [0.2, 0.25) is 0 Å². The van der Waals surface area contributed by atoms with Crippen LogP contribution in [0.4, 0.5) is 11.4 Å². The van der Waals surface area contributed by atoms with Crippen LogP contribution in [0.5, 0.6) is 0 Å². The molecule has 0 unspecified atom stereocenters. The Morgan fingerprint density at radius 1 is 0.485 bits per heavy atom. The maximum absolute atomic E-state index is 9.83. The highest BCUT2D eigenvalue weighted by Crippen LogP contribution is 2.41. The zero-order chi connectivity index (χ0) is 45.6. The summed E-state index contributed by atoms with van der Waals surface area (Å²) in [6.07, 6.45) is 4.07. The summed E-state index contributed by atoms with van der Waals surface area (Å²) in [6.45, 7) is 0. The summed E-state index contributed by atoms with van der Waals surface area (Å²) in [6, 6.07) is 70.4. The van der Waals surface area contributed by atoms with Gasteiger partial charge in [0.1, 0.15) is 22.6 Å². The number of furan rings is 1. The van der Waals surface area contributed by atoms with Gasteiger partial charge in [0.05, 0.1) is 16.7 Å². The molecule has 0 spiro atoms. The van der Waals surface area contributed by atoms with Crippen molar-refractivity contribution in [3.63, 3.8) is 0 Å². The fraction of sp³-hybridized carbons (Fsp3) is 0. The van der Waals surface area contributed by atoms with Crippen LogP contribution in [0, 0.1) is 29.1 Å². The molecular weight excluding hydrogens is 849 g/mol. The highest BCUT2D eigenvalue weighted by molar-refractivity contribution is 7.79. The minimum absolute atomic E-state index is 0.246. The largest absolute Gasteiger partial charge is 0.456 e. The lowest BCUT2D eigenvalue weighted by Gasteiger charge is -2.30. The van der Waals surface area contributed by atoms with E-state index in [2.05, 4.69) is 141 Å². The molecule has 0 radical (unpaired) electrons. The summed E-state index contributed by atoms with van der Waals surface area (Å²) in [7, 11) is 0. The number of thiol groups is 1. The third-order valence-corrected chi connectivity index (χ3v) is 12.8. The minimum atomic E-state index is 0.246. The molecule has 1 aliphatic carbocycles. The first-order valence-electron chi connectivity index (χ1n) is 22.3. The van der Waals surface area contributed by atoms with Crippen LogP contribution < -0.4 is 4.90 Å². The molecule has 12 rings (SSSR count). The number of nitrogens with one attached hydrogen (secondary N) is 1. The Morgan fingerprint density at radius 3 is 1.72 bits per heavy atom. The smallest absolute Gasteiger partial charge is 0.135 e. The van der Waals surface area contributed by atoms with Crippen LogP contribution in [0.1, 0.15) is 27.8 Å². The van der Waals surface area contributed by atoms with E-state index in [0.29, 0.717) is 11.4 Å². The predicted octanol–water partition coefficient (Wildman–Crippen LogP) is 15.1. The summed E-state index contributed by atoms with van der Waals surface area (Å²) in [5.41, 5.74) is 13.6. The standard InChI is InChI=1S/C62H38N4OS/c63-61-57(65(47-30-23-43(24-31-47)21-19-41-11-3-1-4-12-41)48-32-25-44(26-33-48)22-20-42-13-5-2-6-14-42)37-35-50(62(61)64-68)46-28-27-45-29-36-56-60(53(45)39-46)52-16-7-9-17-55(52)66(56)49-34-38-59-54(40-49)51-15-8-10-18-58(51)67-59/h1-18,23-40,63,68H/b63-61?,64-62-. The highest BCUT2D eigenvalue weighted by atomic mass is 32.1. The van der Waals surface area contributed by atoms with Crippen LogP contribution >= 0.6 is 12.8 Å².